The van der Waals surface area contributed by atoms with Crippen LogP contribution in [0.25, 0.3) is 5.52 Å². The van der Waals surface area contributed by atoms with Crippen molar-refractivity contribution < 1.29 is 0 Å². The maximum absolute atomic E-state index is 12.5. The molecule has 2 aromatic heterocycles. The SMILES string of the molecule is CCc1nc(C2CC2C)n2nc(C3CCCC3)[nH]c(=O)c12. The third-order valence-electron chi connectivity index (χ3n) is 5.13. The molecule has 0 bridgehead atoms. The van der Waals surface area contributed by atoms with E-state index in [1.54, 1.807) is 0 Å². The molecule has 2 saturated carbocycles. The van der Waals surface area contributed by atoms with E-state index in [9.17, 15) is 4.79 Å². The fourth-order valence-corrected chi connectivity index (χ4v) is 3.66. The third kappa shape index (κ3) is 2.01. The number of rotatable bonds is 3. The zero-order valence-corrected chi connectivity index (χ0v) is 12.7. The Balaban J connectivity index is 1.91. The Morgan fingerprint density at radius 3 is 2.67 bits per heavy atom. The first-order valence-corrected chi connectivity index (χ1v) is 8.20. The Hall–Kier alpha value is -1.65. The number of aromatic amines is 1. The van der Waals surface area contributed by atoms with Crippen LogP contribution in [-0.4, -0.2) is 19.6 Å². The van der Waals surface area contributed by atoms with Crippen LogP contribution in [0.5, 0.6) is 0 Å². The highest BCUT2D eigenvalue weighted by Gasteiger charge is 2.39. The minimum atomic E-state index is -0.0178. The summed E-state index contributed by atoms with van der Waals surface area (Å²) in [6.45, 7) is 4.29. The molecule has 4 rings (SSSR count). The highest BCUT2D eigenvalue weighted by atomic mass is 16.1. The molecule has 2 heterocycles. The molecule has 2 aliphatic rings. The molecule has 5 nitrogen and oxygen atoms in total. The molecule has 5 heteroatoms. The van der Waals surface area contributed by atoms with Crippen LogP contribution in [0.1, 0.15) is 75.1 Å². The molecule has 2 unspecified atom stereocenters. The molecule has 112 valence electrons. The third-order valence-corrected chi connectivity index (χ3v) is 5.13. The number of aryl methyl sites for hydroxylation is 1. The molecule has 0 saturated heterocycles. The van der Waals surface area contributed by atoms with Crippen LogP contribution in [-0.2, 0) is 6.42 Å². The average molecular weight is 286 g/mol. The summed E-state index contributed by atoms with van der Waals surface area (Å²) in [5, 5.41) is 4.78. The maximum Gasteiger partial charge on any atom is 0.277 e. The van der Waals surface area contributed by atoms with Crippen molar-refractivity contribution in [1.82, 2.24) is 19.6 Å². The van der Waals surface area contributed by atoms with Gasteiger partial charge in [0, 0.05) is 11.8 Å². The Bertz CT molecular complexity index is 739. The predicted molar refractivity (Wildman–Crippen MR) is 80.7 cm³/mol. The fraction of sp³-hybridized carbons (Fsp3) is 0.688. The van der Waals surface area contributed by atoms with Gasteiger partial charge in [-0.25, -0.2) is 9.50 Å². The lowest BCUT2D eigenvalue weighted by Crippen LogP contribution is -2.19. The van der Waals surface area contributed by atoms with Crippen molar-refractivity contribution in [2.45, 2.75) is 64.2 Å². The number of H-pyrrole nitrogens is 1. The van der Waals surface area contributed by atoms with Crippen LogP contribution >= 0.6 is 0 Å². The zero-order valence-electron chi connectivity index (χ0n) is 12.7. The molecule has 0 aromatic carbocycles. The van der Waals surface area contributed by atoms with E-state index in [0.29, 0.717) is 23.3 Å². The van der Waals surface area contributed by atoms with E-state index in [4.69, 9.17) is 10.1 Å². The molecule has 2 atom stereocenters. The van der Waals surface area contributed by atoms with Crippen molar-refractivity contribution in [2.75, 3.05) is 0 Å². The van der Waals surface area contributed by atoms with E-state index < -0.39 is 0 Å². The van der Waals surface area contributed by atoms with Crippen LogP contribution in [0.3, 0.4) is 0 Å². The number of nitrogens with one attached hydrogen (secondary N) is 1. The second-order valence-corrected chi connectivity index (χ2v) is 6.67. The molecule has 2 aliphatic carbocycles. The number of hydrogen-bond donors (Lipinski definition) is 1. The summed E-state index contributed by atoms with van der Waals surface area (Å²) in [5.74, 6) is 3.42. The first-order valence-electron chi connectivity index (χ1n) is 8.20. The van der Waals surface area contributed by atoms with Crippen molar-refractivity contribution in [3.63, 3.8) is 0 Å². The Morgan fingerprint density at radius 1 is 1.33 bits per heavy atom. The van der Waals surface area contributed by atoms with E-state index >= 15 is 0 Å². The van der Waals surface area contributed by atoms with Crippen LogP contribution in [0.4, 0.5) is 0 Å². The molecular weight excluding hydrogens is 264 g/mol. The van der Waals surface area contributed by atoms with Crippen molar-refractivity contribution >= 4 is 5.52 Å². The Morgan fingerprint density at radius 2 is 2.05 bits per heavy atom. The average Bonchev–Trinajstić information content (AvgIpc) is 2.94. The molecule has 1 N–H and O–H groups in total. The first kappa shape index (κ1) is 13.0. The van der Waals surface area contributed by atoms with Gasteiger partial charge in [-0.05, 0) is 31.6 Å². The molecule has 2 aromatic rings. The fourth-order valence-electron chi connectivity index (χ4n) is 3.66. The summed E-state index contributed by atoms with van der Waals surface area (Å²) in [6.07, 6.45) is 6.69. The number of fused-ring (bicyclic) bond motifs is 1. The Kier molecular flexibility index (Phi) is 2.91. The lowest BCUT2D eigenvalue weighted by molar-refractivity contribution is 0.625. The topological polar surface area (TPSA) is 63.1 Å². The molecular formula is C16H22N4O. The minimum Gasteiger partial charge on any atom is -0.307 e. The summed E-state index contributed by atoms with van der Waals surface area (Å²) < 4.78 is 1.86. The van der Waals surface area contributed by atoms with Crippen LogP contribution < -0.4 is 5.56 Å². The van der Waals surface area contributed by atoms with Crippen LogP contribution in [0.2, 0.25) is 0 Å². The van der Waals surface area contributed by atoms with E-state index in [0.717, 1.165) is 43.0 Å². The summed E-state index contributed by atoms with van der Waals surface area (Å²) in [5.41, 5.74) is 1.53. The molecule has 0 spiro atoms. The van der Waals surface area contributed by atoms with Crippen molar-refractivity contribution in [1.29, 1.82) is 0 Å². The van der Waals surface area contributed by atoms with Gasteiger partial charge in [0.2, 0.25) is 0 Å². The molecule has 2 fully saturated rings. The van der Waals surface area contributed by atoms with Gasteiger partial charge in [-0.3, -0.25) is 4.79 Å². The molecule has 0 radical (unpaired) electrons. The van der Waals surface area contributed by atoms with Gasteiger partial charge in [-0.2, -0.15) is 5.10 Å². The lowest BCUT2D eigenvalue weighted by atomic mass is 10.1. The Labute approximate surface area is 123 Å². The van der Waals surface area contributed by atoms with Crippen molar-refractivity contribution in [3.8, 4) is 0 Å². The van der Waals surface area contributed by atoms with E-state index in [1.807, 2.05) is 11.4 Å². The zero-order chi connectivity index (χ0) is 14.6. The molecule has 0 amide bonds. The number of imidazole rings is 1. The van der Waals surface area contributed by atoms with Gasteiger partial charge < -0.3 is 4.98 Å². The van der Waals surface area contributed by atoms with Gasteiger partial charge in [-0.15, -0.1) is 0 Å². The van der Waals surface area contributed by atoms with Gasteiger partial charge in [0.1, 0.15) is 11.6 Å². The van der Waals surface area contributed by atoms with Gasteiger partial charge in [0.05, 0.1) is 5.69 Å². The van der Waals surface area contributed by atoms with E-state index in [1.165, 1.54) is 12.8 Å². The second-order valence-electron chi connectivity index (χ2n) is 6.67. The predicted octanol–water partition coefficient (Wildman–Crippen LogP) is 2.76. The van der Waals surface area contributed by atoms with Crippen LogP contribution in [0, 0.1) is 5.92 Å². The second kappa shape index (κ2) is 4.68. The molecule has 0 aliphatic heterocycles. The number of hydrogen-bond acceptors (Lipinski definition) is 3. The monoisotopic (exact) mass is 286 g/mol. The molecule has 21 heavy (non-hydrogen) atoms. The highest BCUT2D eigenvalue weighted by molar-refractivity contribution is 5.51. The standard InChI is InChI=1S/C16H22N4O/c1-3-12-13-16(21)18-14(10-6-4-5-7-10)19-20(13)15(17-12)11-8-9(11)2/h9-11H,3-8H2,1-2H3,(H,18,19,21). The smallest absolute Gasteiger partial charge is 0.277 e. The minimum absolute atomic E-state index is 0.0178. The first-order chi connectivity index (χ1) is 10.2. The summed E-state index contributed by atoms with van der Waals surface area (Å²) in [7, 11) is 0. The van der Waals surface area contributed by atoms with Crippen molar-refractivity contribution in [3.05, 3.63) is 27.7 Å². The van der Waals surface area contributed by atoms with E-state index in [2.05, 4.69) is 11.9 Å². The largest absolute Gasteiger partial charge is 0.307 e. The van der Waals surface area contributed by atoms with Crippen molar-refractivity contribution in [2.24, 2.45) is 5.92 Å². The number of nitrogens with zero attached hydrogens (tertiary/aromatic N) is 3. The van der Waals surface area contributed by atoms with Gasteiger partial charge in [0.25, 0.3) is 5.56 Å². The summed E-state index contributed by atoms with van der Waals surface area (Å²) in [6, 6.07) is 0. The maximum atomic E-state index is 12.5. The van der Waals surface area contributed by atoms with Gasteiger partial charge in [-0.1, -0.05) is 26.7 Å². The number of aromatic nitrogens is 4. The highest BCUT2D eigenvalue weighted by Crippen LogP contribution is 2.46. The summed E-state index contributed by atoms with van der Waals surface area (Å²) >= 11 is 0. The summed E-state index contributed by atoms with van der Waals surface area (Å²) in [4.78, 5) is 20.3. The van der Waals surface area contributed by atoms with Gasteiger partial charge in [0.15, 0.2) is 5.52 Å². The van der Waals surface area contributed by atoms with Gasteiger partial charge >= 0.3 is 0 Å². The van der Waals surface area contributed by atoms with E-state index in [-0.39, 0.29) is 5.56 Å². The lowest BCUT2D eigenvalue weighted by Gasteiger charge is -2.09. The van der Waals surface area contributed by atoms with Crippen LogP contribution in [0.15, 0.2) is 4.79 Å². The normalized spacial score (nSPS) is 25.8. The quantitative estimate of drug-likeness (QED) is 0.943.